The Bertz CT molecular complexity index is 630. The van der Waals surface area contributed by atoms with Gasteiger partial charge in [-0.1, -0.05) is 25.5 Å². The molecule has 0 spiro atoms. The third-order valence-corrected chi connectivity index (χ3v) is 3.42. The first-order valence-electron chi connectivity index (χ1n) is 7.59. The Morgan fingerprint density at radius 1 is 1.43 bits per heavy atom. The summed E-state index contributed by atoms with van der Waals surface area (Å²) >= 11 is 0. The van der Waals surface area contributed by atoms with E-state index in [9.17, 15) is 0 Å². The highest BCUT2D eigenvalue weighted by molar-refractivity contribution is 5.78. The molecule has 0 amide bonds. The number of ether oxygens (including phenoxy) is 1. The van der Waals surface area contributed by atoms with Crippen molar-refractivity contribution in [1.82, 2.24) is 9.55 Å². The summed E-state index contributed by atoms with van der Waals surface area (Å²) in [6.07, 6.45) is 1.97. The van der Waals surface area contributed by atoms with Gasteiger partial charge in [0.15, 0.2) is 0 Å². The summed E-state index contributed by atoms with van der Waals surface area (Å²) in [4.78, 5) is 4.74. The highest BCUT2D eigenvalue weighted by Gasteiger charge is 2.17. The van der Waals surface area contributed by atoms with Crippen molar-refractivity contribution in [3.8, 4) is 5.75 Å². The number of allylic oxidation sites excluding steroid dienone is 1. The quantitative estimate of drug-likeness (QED) is 0.788. The zero-order chi connectivity index (χ0) is 15.4. The van der Waals surface area contributed by atoms with E-state index in [1.54, 1.807) is 0 Å². The molecule has 0 radical (unpaired) electrons. The van der Waals surface area contributed by atoms with Crippen LogP contribution in [0.25, 0.3) is 11.0 Å². The molecular formula is C17H25N3O. The van der Waals surface area contributed by atoms with Crippen molar-refractivity contribution >= 4 is 11.0 Å². The normalized spacial score (nSPS) is 12.6. The first kappa shape index (κ1) is 15.6. The van der Waals surface area contributed by atoms with Crippen molar-refractivity contribution in [2.45, 2.75) is 46.2 Å². The van der Waals surface area contributed by atoms with Gasteiger partial charge in [0.1, 0.15) is 11.6 Å². The van der Waals surface area contributed by atoms with Crippen LogP contribution in [-0.4, -0.2) is 16.2 Å². The molecule has 0 aliphatic rings. The summed E-state index contributed by atoms with van der Waals surface area (Å²) in [5.41, 5.74) is 9.41. The van der Waals surface area contributed by atoms with Crippen molar-refractivity contribution in [2.75, 3.05) is 6.61 Å². The standard InChI is InChI=1S/C17H25N3O/c1-5-7-14(18)17-19-15-10-13(21-6-2)8-9-16(15)20(17)11-12(3)4/h8-10,14H,3,5-7,11,18H2,1-2,4H3. The van der Waals surface area contributed by atoms with Gasteiger partial charge in [0, 0.05) is 12.6 Å². The van der Waals surface area contributed by atoms with Crippen LogP contribution in [0.3, 0.4) is 0 Å². The van der Waals surface area contributed by atoms with Crippen molar-refractivity contribution in [1.29, 1.82) is 0 Å². The van der Waals surface area contributed by atoms with E-state index in [1.165, 1.54) is 0 Å². The highest BCUT2D eigenvalue weighted by Crippen LogP contribution is 2.26. The fourth-order valence-corrected chi connectivity index (χ4v) is 2.54. The van der Waals surface area contributed by atoms with Crippen LogP contribution in [-0.2, 0) is 6.54 Å². The van der Waals surface area contributed by atoms with Crippen LogP contribution in [0.1, 0.15) is 45.5 Å². The second kappa shape index (κ2) is 6.76. The fourth-order valence-electron chi connectivity index (χ4n) is 2.54. The molecule has 0 saturated heterocycles. The van der Waals surface area contributed by atoms with Crippen LogP contribution < -0.4 is 10.5 Å². The summed E-state index contributed by atoms with van der Waals surface area (Å²) in [6.45, 7) is 11.6. The molecule has 4 nitrogen and oxygen atoms in total. The summed E-state index contributed by atoms with van der Waals surface area (Å²) in [6, 6.07) is 5.98. The Hall–Kier alpha value is -1.81. The largest absolute Gasteiger partial charge is 0.494 e. The van der Waals surface area contributed by atoms with E-state index in [0.29, 0.717) is 6.61 Å². The second-order valence-corrected chi connectivity index (χ2v) is 5.49. The second-order valence-electron chi connectivity index (χ2n) is 5.49. The molecule has 1 aromatic carbocycles. The van der Waals surface area contributed by atoms with E-state index in [0.717, 1.165) is 47.6 Å². The molecule has 1 atom stereocenters. The third kappa shape index (κ3) is 3.45. The minimum atomic E-state index is -0.0442. The molecular weight excluding hydrogens is 262 g/mol. The van der Waals surface area contributed by atoms with Gasteiger partial charge in [-0.3, -0.25) is 0 Å². The Morgan fingerprint density at radius 2 is 2.19 bits per heavy atom. The maximum Gasteiger partial charge on any atom is 0.127 e. The van der Waals surface area contributed by atoms with Crippen molar-refractivity contribution in [2.24, 2.45) is 5.73 Å². The Balaban J connectivity index is 2.51. The van der Waals surface area contributed by atoms with Crippen molar-refractivity contribution in [3.05, 3.63) is 36.2 Å². The molecule has 2 rings (SSSR count). The number of benzene rings is 1. The number of imidazole rings is 1. The van der Waals surface area contributed by atoms with Gasteiger partial charge in [0.25, 0.3) is 0 Å². The predicted octanol–water partition coefficient (Wildman–Crippen LogP) is 3.81. The molecule has 2 N–H and O–H groups in total. The third-order valence-electron chi connectivity index (χ3n) is 3.42. The summed E-state index contributed by atoms with van der Waals surface area (Å²) < 4.78 is 7.73. The average molecular weight is 287 g/mol. The number of nitrogens with zero attached hydrogens (tertiary/aromatic N) is 2. The summed E-state index contributed by atoms with van der Waals surface area (Å²) in [5, 5.41) is 0. The fraction of sp³-hybridized carbons (Fsp3) is 0.471. The number of hydrogen-bond donors (Lipinski definition) is 1. The molecule has 2 aromatic rings. The molecule has 0 saturated carbocycles. The molecule has 0 aliphatic heterocycles. The number of rotatable bonds is 7. The van der Waals surface area contributed by atoms with Gasteiger partial charge in [0.2, 0.25) is 0 Å². The van der Waals surface area contributed by atoms with Gasteiger partial charge in [-0.25, -0.2) is 4.98 Å². The SMILES string of the molecule is C=C(C)Cn1c(C(N)CCC)nc2cc(OCC)ccc21. The maximum atomic E-state index is 6.30. The van der Waals surface area contributed by atoms with E-state index < -0.39 is 0 Å². The monoisotopic (exact) mass is 287 g/mol. The predicted molar refractivity (Wildman–Crippen MR) is 87.6 cm³/mol. The molecule has 21 heavy (non-hydrogen) atoms. The number of nitrogens with two attached hydrogens (primary N) is 1. The lowest BCUT2D eigenvalue weighted by atomic mass is 10.1. The summed E-state index contributed by atoms with van der Waals surface area (Å²) in [5.74, 6) is 1.78. The lowest BCUT2D eigenvalue weighted by Crippen LogP contribution is -2.17. The molecule has 0 fully saturated rings. The smallest absolute Gasteiger partial charge is 0.127 e. The van der Waals surface area contributed by atoms with E-state index in [1.807, 2.05) is 26.0 Å². The molecule has 1 heterocycles. The lowest BCUT2D eigenvalue weighted by molar-refractivity contribution is 0.340. The first-order valence-corrected chi connectivity index (χ1v) is 7.59. The van der Waals surface area contributed by atoms with Crippen LogP contribution in [0.4, 0.5) is 0 Å². The van der Waals surface area contributed by atoms with Crippen LogP contribution in [0.2, 0.25) is 0 Å². The zero-order valence-electron chi connectivity index (χ0n) is 13.2. The van der Waals surface area contributed by atoms with E-state index in [4.69, 9.17) is 15.5 Å². The first-order chi connectivity index (χ1) is 10.1. The molecule has 1 aromatic heterocycles. The lowest BCUT2D eigenvalue weighted by Gasteiger charge is -2.14. The maximum absolute atomic E-state index is 6.30. The molecule has 114 valence electrons. The van der Waals surface area contributed by atoms with E-state index in [2.05, 4.69) is 24.1 Å². The molecule has 0 bridgehead atoms. The minimum Gasteiger partial charge on any atom is -0.494 e. The van der Waals surface area contributed by atoms with Crippen LogP contribution in [0, 0.1) is 0 Å². The topological polar surface area (TPSA) is 53.1 Å². The van der Waals surface area contributed by atoms with Crippen molar-refractivity contribution in [3.63, 3.8) is 0 Å². The Kier molecular flexibility index (Phi) is 5.02. The Morgan fingerprint density at radius 3 is 2.81 bits per heavy atom. The molecule has 0 aliphatic carbocycles. The zero-order valence-corrected chi connectivity index (χ0v) is 13.2. The van der Waals surface area contributed by atoms with Crippen LogP contribution >= 0.6 is 0 Å². The van der Waals surface area contributed by atoms with Crippen LogP contribution in [0.5, 0.6) is 5.75 Å². The minimum absolute atomic E-state index is 0.0442. The number of aromatic nitrogens is 2. The van der Waals surface area contributed by atoms with E-state index in [-0.39, 0.29) is 6.04 Å². The van der Waals surface area contributed by atoms with Gasteiger partial charge >= 0.3 is 0 Å². The number of fused-ring (bicyclic) bond motifs is 1. The van der Waals surface area contributed by atoms with Gasteiger partial charge in [0.05, 0.1) is 23.7 Å². The van der Waals surface area contributed by atoms with Gasteiger partial charge < -0.3 is 15.0 Å². The summed E-state index contributed by atoms with van der Waals surface area (Å²) in [7, 11) is 0. The Labute approximate surface area is 126 Å². The van der Waals surface area contributed by atoms with Crippen LogP contribution in [0.15, 0.2) is 30.4 Å². The van der Waals surface area contributed by atoms with Crippen molar-refractivity contribution < 1.29 is 4.74 Å². The number of hydrogen-bond acceptors (Lipinski definition) is 3. The molecule has 4 heteroatoms. The van der Waals surface area contributed by atoms with Gasteiger partial charge in [-0.15, -0.1) is 0 Å². The van der Waals surface area contributed by atoms with Gasteiger partial charge in [-0.2, -0.15) is 0 Å². The highest BCUT2D eigenvalue weighted by atomic mass is 16.5. The average Bonchev–Trinajstić information content (AvgIpc) is 2.77. The van der Waals surface area contributed by atoms with Gasteiger partial charge in [-0.05, 0) is 32.4 Å². The van der Waals surface area contributed by atoms with E-state index >= 15 is 0 Å². The molecule has 1 unspecified atom stereocenters.